The summed E-state index contributed by atoms with van der Waals surface area (Å²) in [6, 6.07) is 11.4. The van der Waals surface area contributed by atoms with E-state index in [1.54, 1.807) is 22.7 Å². The maximum absolute atomic E-state index is 12.8. The molecule has 6 nitrogen and oxygen atoms in total. The Balaban J connectivity index is 1.70. The Labute approximate surface area is 222 Å². The first-order chi connectivity index (χ1) is 17.7. The minimum Gasteiger partial charge on any atom is -0.481 e. The average molecular weight is 518 g/mol. The van der Waals surface area contributed by atoms with E-state index in [0.717, 1.165) is 23.1 Å². The molecule has 0 aliphatic heterocycles. The summed E-state index contributed by atoms with van der Waals surface area (Å²) in [6.45, 7) is 8.38. The van der Waals surface area contributed by atoms with Crippen LogP contribution in [0, 0.1) is 5.92 Å². The number of rotatable bonds is 8. The van der Waals surface area contributed by atoms with Crippen LogP contribution in [-0.2, 0) is 4.79 Å². The van der Waals surface area contributed by atoms with Crippen LogP contribution in [0.5, 0.6) is 0 Å². The molecule has 4 rings (SSSR count). The third kappa shape index (κ3) is 5.70. The van der Waals surface area contributed by atoms with Crippen LogP contribution in [0.25, 0.3) is 22.5 Å². The van der Waals surface area contributed by atoms with Crippen molar-refractivity contribution in [2.75, 3.05) is 0 Å². The van der Waals surface area contributed by atoms with E-state index in [-0.39, 0.29) is 17.9 Å². The van der Waals surface area contributed by atoms with Crippen LogP contribution in [0.4, 0.5) is 0 Å². The highest BCUT2D eigenvalue weighted by molar-refractivity contribution is 6.32. The molecule has 0 bridgehead atoms. The molecule has 1 saturated carbocycles. The van der Waals surface area contributed by atoms with Gasteiger partial charge in [0, 0.05) is 23.4 Å². The van der Waals surface area contributed by atoms with Crippen molar-refractivity contribution in [1.82, 2.24) is 14.7 Å². The molecule has 0 saturated heterocycles. The van der Waals surface area contributed by atoms with Crippen molar-refractivity contribution < 1.29 is 14.7 Å². The number of fused-ring (bicyclic) bond motifs is 1. The summed E-state index contributed by atoms with van der Waals surface area (Å²) in [4.78, 5) is 28.7. The van der Waals surface area contributed by atoms with Gasteiger partial charge in [-0.1, -0.05) is 66.6 Å². The predicted octanol–water partition coefficient (Wildman–Crippen LogP) is 6.95. The number of allylic oxidation sites excluding steroid dienone is 6. The van der Waals surface area contributed by atoms with Crippen LogP contribution in [0.3, 0.4) is 0 Å². The highest BCUT2D eigenvalue weighted by atomic mass is 35.5. The molecule has 0 spiro atoms. The number of nitrogens with zero attached hydrogens (tertiary/aromatic N) is 2. The van der Waals surface area contributed by atoms with Gasteiger partial charge >= 0.3 is 5.97 Å². The van der Waals surface area contributed by atoms with Gasteiger partial charge in [-0.3, -0.25) is 14.0 Å². The van der Waals surface area contributed by atoms with E-state index in [0.29, 0.717) is 34.9 Å². The number of carboxylic acids is 1. The molecule has 2 N–H and O–H groups in total. The highest BCUT2D eigenvalue weighted by Gasteiger charge is 2.35. The zero-order valence-corrected chi connectivity index (χ0v) is 22.3. The van der Waals surface area contributed by atoms with Crippen LogP contribution in [0.2, 0.25) is 5.15 Å². The first kappa shape index (κ1) is 26.4. The Morgan fingerprint density at radius 2 is 1.89 bits per heavy atom. The van der Waals surface area contributed by atoms with Gasteiger partial charge in [0.2, 0.25) is 0 Å². The molecule has 1 aromatic carbocycles. The van der Waals surface area contributed by atoms with Gasteiger partial charge in [0.05, 0.1) is 5.92 Å². The Morgan fingerprint density at radius 3 is 2.57 bits per heavy atom. The number of benzene rings is 1. The molecule has 0 atom stereocenters. The lowest BCUT2D eigenvalue weighted by molar-refractivity contribution is -0.145. The number of nitrogens with one attached hydrogen (secondary N) is 1. The Hall–Kier alpha value is -3.64. The number of carbonyl (C=O) groups is 2. The zero-order chi connectivity index (χ0) is 26.7. The Morgan fingerprint density at radius 1 is 1.16 bits per heavy atom. The summed E-state index contributed by atoms with van der Waals surface area (Å²) in [6.07, 6.45) is 10.0. The van der Waals surface area contributed by atoms with Gasteiger partial charge in [0.1, 0.15) is 16.5 Å². The molecule has 0 radical (unpaired) electrons. The average Bonchev–Trinajstić information content (AvgIpc) is 3.16. The van der Waals surface area contributed by atoms with E-state index in [2.05, 4.69) is 57.3 Å². The third-order valence-corrected chi connectivity index (χ3v) is 7.00. The number of pyridine rings is 1. The lowest BCUT2D eigenvalue weighted by Gasteiger charge is -2.32. The second-order valence-electron chi connectivity index (χ2n) is 9.74. The number of aromatic nitrogens is 2. The predicted molar refractivity (Wildman–Crippen MR) is 149 cm³/mol. The van der Waals surface area contributed by atoms with Gasteiger partial charge in [0.15, 0.2) is 0 Å². The van der Waals surface area contributed by atoms with Crippen LogP contribution in [0.1, 0.15) is 62.9 Å². The SMILES string of the molecule is CC/C=C(C)\C(=C/C=C(C)C)c1ccccc1-c1nc2cc(C(=O)NC3CC(C(=O)O)C3)ccn2c1Cl. The number of hydrogen-bond donors (Lipinski definition) is 2. The summed E-state index contributed by atoms with van der Waals surface area (Å²) in [5.41, 5.74) is 7.09. The summed E-state index contributed by atoms with van der Waals surface area (Å²) < 4.78 is 1.77. The van der Waals surface area contributed by atoms with Crippen LogP contribution >= 0.6 is 11.6 Å². The molecule has 2 aromatic heterocycles. The number of hydrogen-bond acceptors (Lipinski definition) is 3. The molecule has 7 heteroatoms. The molecule has 0 unspecified atom stereocenters. The van der Waals surface area contributed by atoms with E-state index in [9.17, 15) is 9.59 Å². The van der Waals surface area contributed by atoms with Crippen LogP contribution in [0.15, 0.2) is 72.0 Å². The highest BCUT2D eigenvalue weighted by Crippen LogP contribution is 2.36. The van der Waals surface area contributed by atoms with Gasteiger partial charge in [-0.25, -0.2) is 4.98 Å². The quantitative estimate of drug-likeness (QED) is 0.316. The molecule has 1 amide bonds. The molecule has 1 aliphatic carbocycles. The Kier molecular flexibility index (Phi) is 7.98. The smallest absolute Gasteiger partial charge is 0.306 e. The first-order valence-electron chi connectivity index (χ1n) is 12.5. The summed E-state index contributed by atoms with van der Waals surface area (Å²) >= 11 is 6.83. The van der Waals surface area contributed by atoms with Crippen molar-refractivity contribution in [1.29, 1.82) is 0 Å². The summed E-state index contributed by atoms with van der Waals surface area (Å²) in [5.74, 6) is -1.44. The van der Waals surface area contributed by atoms with Crippen molar-refractivity contribution in [2.24, 2.45) is 5.92 Å². The third-order valence-electron chi connectivity index (χ3n) is 6.64. The van der Waals surface area contributed by atoms with Crippen LogP contribution < -0.4 is 5.32 Å². The van der Waals surface area contributed by atoms with Gasteiger partial charge < -0.3 is 10.4 Å². The number of amides is 1. The fourth-order valence-corrected chi connectivity index (χ4v) is 4.84. The van der Waals surface area contributed by atoms with E-state index < -0.39 is 5.97 Å². The molecular formula is C30H32ClN3O3. The lowest BCUT2D eigenvalue weighted by Crippen LogP contribution is -2.46. The molecule has 3 aromatic rings. The van der Waals surface area contributed by atoms with Gasteiger partial charge in [-0.2, -0.15) is 0 Å². The lowest BCUT2D eigenvalue weighted by atomic mass is 9.80. The van der Waals surface area contributed by atoms with Crippen molar-refractivity contribution in [3.8, 4) is 11.3 Å². The molecule has 1 aliphatic rings. The molecule has 1 fully saturated rings. The molecule has 192 valence electrons. The van der Waals surface area contributed by atoms with Gasteiger partial charge in [-0.15, -0.1) is 0 Å². The Bertz CT molecular complexity index is 1440. The largest absolute Gasteiger partial charge is 0.481 e. The fourth-order valence-electron chi connectivity index (χ4n) is 4.56. The number of carboxylic acid groups (broad SMARTS) is 1. The van der Waals surface area contributed by atoms with Crippen molar-refractivity contribution >= 4 is 34.7 Å². The minimum atomic E-state index is -0.814. The monoisotopic (exact) mass is 517 g/mol. The number of aliphatic carboxylic acids is 1. The van der Waals surface area contributed by atoms with Gasteiger partial charge in [-0.05, 0) is 68.9 Å². The number of carbonyl (C=O) groups excluding carboxylic acids is 1. The first-order valence-corrected chi connectivity index (χ1v) is 12.9. The van der Waals surface area contributed by atoms with E-state index in [4.69, 9.17) is 21.7 Å². The zero-order valence-electron chi connectivity index (χ0n) is 21.6. The summed E-state index contributed by atoms with van der Waals surface area (Å²) in [5, 5.41) is 12.4. The number of imidazole rings is 1. The second-order valence-corrected chi connectivity index (χ2v) is 10.1. The van der Waals surface area contributed by atoms with Crippen molar-refractivity contribution in [2.45, 2.75) is 53.0 Å². The standard InChI is InChI=1S/C30H32ClN3O3/c1-5-8-19(4)23(12-11-18(2)3)24-9-6-7-10-25(24)27-28(31)34-14-13-20(17-26(34)33-27)29(35)32-22-15-21(16-22)30(36)37/h6-14,17,21-22H,5,15-16H2,1-4H3,(H,32,35)(H,36,37)/b19-8-,23-12+. The van der Waals surface area contributed by atoms with Crippen molar-refractivity contribution in [3.63, 3.8) is 0 Å². The van der Waals surface area contributed by atoms with Crippen LogP contribution in [-0.4, -0.2) is 32.4 Å². The molecule has 2 heterocycles. The van der Waals surface area contributed by atoms with E-state index >= 15 is 0 Å². The maximum atomic E-state index is 12.8. The van der Waals surface area contributed by atoms with E-state index in [1.807, 2.05) is 18.2 Å². The summed E-state index contributed by atoms with van der Waals surface area (Å²) in [7, 11) is 0. The normalized spacial score (nSPS) is 17.9. The van der Waals surface area contributed by atoms with Gasteiger partial charge in [0.25, 0.3) is 5.91 Å². The maximum Gasteiger partial charge on any atom is 0.306 e. The topological polar surface area (TPSA) is 83.7 Å². The number of halogens is 1. The second kappa shape index (κ2) is 11.2. The fraction of sp³-hybridized carbons (Fsp3) is 0.300. The molecule has 37 heavy (non-hydrogen) atoms. The van der Waals surface area contributed by atoms with E-state index in [1.165, 1.54) is 11.1 Å². The van der Waals surface area contributed by atoms with Crippen molar-refractivity contribution in [3.05, 3.63) is 88.2 Å². The minimum absolute atomic E-state index is 0.124. The molecular weight excluding hydrogens is 486 g/mol.